The summed E-state index contributed by atoms with van der Waals surface area (Å²) in [5.74, 6) is -0.0595. The Labute approximate surface area is 79.1 Å². The van der Waals surface area contributed by atoms with Crippen LogP contribution in [0.25, 0.3) is 0 Å². The van der Waals surface area contributed by atoms with E-state index >= 15 is 0 Å². The van der Waals surface area contributed by atoms with Gasteiger partial charge in [-0.2, -0.15) is 0 Å². The molecule has 0 saturated heterocycles. The van der Waals surface area contributed by atoms with Gasteiger partial charge in [0.15, 0.2) is 0 Å². The average molecular weight is 193 g/mol. The van der Waals surface area contributed by atoms with Crippen molar-refractivity contribution in [2.24, 2.45) is 0 Å². The van der Waals surface area contributed by atoms with Crippen LogP contribution in [0.5, 0.6) is 0 Å². The fourth-order valence-corrected chi connectivity index (χ4v) is 0.871. The third-order valence-corrected chi connectivity index (χ3v) is 2.21. The zero-order chi connectivity index (χ0) is 9.56. The molecular formula is C8H17ClN2O. The maximum atomic E-state index is 10.8. The molecule has 0 rings (SSSR count). The second kappa shape index (κ2) is 6.26. The number of halogens is 1. The normalized spacial score (nSPS) is 13.1. The quantitative estimate of drug-likeness (QED) is 0.650. The molecule has 0 radical (unpaired) electrons. The van der Waals surface area contributed by atoms with E-state index in [0.717, 1.165) is 6.54 Å². The van der Waals surface area contributed by atoms with E-state index in [9.17, 15) is 4.79 Å². The van der Waals surface area contributed by atoms with Crippen molar-refractivity contribution in [1.29, 1.82) is 0 Å². The molecule has 0 bridgehead atoms. The molecule has 0 aromatic heterocycles. The number of hydrogen-bond donors (Lipinski definition) is 1. The number of carbonyl (C=O) groups excluding carboxylic acids is 1. The van der Waals surface area contributed by atoms with Crippen molar-refractivity contribution in [3.05, 3.63) is 0 Å². The first-order chi connectivity index (χ1) is 5.61. The Morgan fingerprint density at radius 1 is 1.67 bits per heavy atom. The van der Waals surface area contributed by atoms with Crippen LogP contribution in [-0.4, -0.2) is 42.9 Å². The van der Waals surface area contributed by atoms with E-state index in [1.807, 2.05) is 7.05 Å². The molecule has 0 heterocycles. The van der Waals surface area contributed by atoms with Crippen molar-refractivity contribution < 1.29 is 4.79 Å². The second-order valence-corrected chi connectivity index (χ2v) is 3.13. The van der Waals surface area contributed by atoms with Gasteiger partial charge in [-0.25, -0.2) is 0 Å². The molecule has 0 aliphatic carbocycles. The third-order valence-electron chi connectivity index (χ3n) is 1.97. The summed E-state index contributed by atoms with van der Waals surface area (Å²) >= 11 is 5.32. The lowest BCUT2D eigenvalue weighted by atomic mass is 10.3. The van der Waals surface area contributed by atoms with Crippen molar-refractivity contribution in [2.45, 2.75) is 19.9 Å². The van der Waals surface area contributed by atoms with Crippen molar-refractivity contribution in [3.63, 3.8) is 0 Å². The molecule has 1 amide bonds. The molecule has 4 heteroatoms. The summed E-state index contributed by atoms with van der Waals surface area (Å²) in [7, 11) is 2.03. The number of hydrogen-bond acceptors (Lipinski definition) is 2. The van der Waals surface area contributed by atoms with E-state index in [4.69, 9.17) is 11.6 Å². The Morgan fingerprint density at radius 2 is 2.25 bits per heavy atom. The summed E-state index contributed by atoms with van der Waals surface area (Å²) in [4.78, 5) is 12.9. The van der Waals surface area contributed by atoms with Crippen molar-refractivity contribution in [1.82, 2.24) is 10.2 Å². The van der Waals surface area contributed by atoms with Crippen LogP contribution in [-0.2, 0) is 4.79 Å². The number of nitrogens with zero attached hydrogens (tertiary/aromatic N) is 1. The second-order valence-electron chi connectivity index (χ2n) is 2.86. The molecular weight excluding hydrogens is 176 g/mol. The molecule has 0 fully saturated rings. The number of rotatable bonds is 5. The van der Waals surface area contributed by atoms with Gasteiger partial charge in [-0.3, -0.25) is 4.79 Å². The fourth-order valence-electron chi connectivity index (χ4n) is 0.776. The lowest BCUT2D eigenvalue weighted by Gasteiger charge is -2.22. The van der Waals surface area contributed by atoms with Gasteiger partial charge in [0, 0.05) is 12.6 Å². The third kappa shape index (κ3) is 4.57. The van der Waals surface area contributed by atoms with E-state index in [1.165, 1.54) is 0 Å². The minimum absolute atomic E-state index is 0.0442. The van der Waals surface area contributed by atoms with Gasteiger partial charge in [-0.05, 0) is 20.5 Å². The van der Waals surface area contributed by atoms with Gasteiger partial charge < -0.3 is 10.2 Å². The van der Waals surface area contributed by atoms with Crippen molar-refractivity contribution >= 4 is 17.5 Å². The van der Waals surface area contributed by atoms with E-state index in [1.54, 1.807) is 0 Å². The van der Waals surface area contributed by atoms with E-state index in [0.29, 0.717) is 12.6 Å². The van der Waals surface area contributed by atoms with Crippen LogP contribution in [0, 0.1) is 0 Å². The van der Waals surface area contributed by atoms with Gasteiger partial charge in [-0.1, -0.05) is 6.92 Å². The summed E-state index contributed by atoms with van der Waals surface area (Å²) in [5.41, 5.74) is 0. The van der Waals surface area contributed by atoms with Gasteiger partial charge in [0.25, 0.3) is 0 Å². The maximum Gasteiger partial charge on any atom is 0.234 e. The van der Waals surface area contributed by atoms with Gasteiger partial charge in [0.05, 0.1) is 0 Å². The number of likely N-dealkylation sites (N-methyl/N-ethyl adjacent to an activating group) is 1. The Kier molecular flexibility index (Phi) is 6.11. The number of amides is 1. The highest BCUT2D eigenvalue weighted by atomic mass is 35.5. The van der Waals surface area contributed by atoms with Gasteiger partial charge >= 0.3 is 0 Å². The topological polar surface area (TPSA) is 32.3 Å². The Morgan fingerprint density at radius 3 is 2.67 bits per heavy atom. The summed E-state index contributed by atoms with van der Waals surface area (Å²) in [6.07, 6.45) is 0. The SMILES string of the molecule is CCN(C)C(C)CNC(=O)CCl. The molecule has 3 nitrogen and oxygen atoms in total. The van der Waals surface area contributed by atoms with Gasteiger partial charge in [0.1, 0.15) is 5.88 Å². The molecule has 0 aromatic rings. The van der Waals surface area contributed by atoms with Crippen LogP contribution in [0.2, 0.25) is 0 Å². The first kappa shape index (κ1) is 11.7. The van der Waals surface area contributed by atoms with Crippen LogP contribution in [0.3, 0.4) is 0 Å². The minimum atomic E-state index is -0.104. The summed E-state index contributed by atoms with van der Waals surface area (Å²) < 4.78 is 0. The Balaban J connectivity index is 3.56. The zero-order valence-corrected chi connectivity index (χ0v) is 8.69. The van der Waals surface area contributed by atoms with Crippen LogP contribution < -0.4 is 5.32 Å². The molecule has 0 saturated carbocycles. The molecule has 1 N–H and O–H groups in total. The number of carbonyl (C=O) groups is 1. The zero-order valence-electron chi connectivity index (χ0n) is 7.93. The Bertz CT molecular complexity index is 141. The highest BCUT2D eigenvalue weighted by molar-refractivity contribution is 6.27. The largest absolute Gasteiger partial charge is 0.354 e. The van der Waals surface area contributed by atoms with E-state index in [2.05, 4.69) is 24.1 Å². The van der Waals surface area contributed by atoms with E-state index in [-0.39, 0.29) is 11.8 Å². The molecule has 0 spiro atoms. The lowest BCUT2D eigenvalue weighted by Crippen LogP contribution is -2.40. The molecule has 0 aliphatic heterocycles. The number of nitrogens with one attached hydrogen (secondary N) is 1. The number of alkyl halides is 1. The predicted octanol–water partition coefficient (Wildman–Crippen LogP) is 0.682. The molecule has 72 valence electrons. The van der Waals surface area contributed by atoms with Crippen LogP contribution >= 0.6 is 11.6 Å². The first-order valence-electron chi connectivity index (χ1n) is 4.14. The Hall–Kier alpha value is -0.280. The highest BCUT2D eigenvalue weighted by Gasteiger charge is 2.07. The van der Waals surface area contributed by atoms with Crippen LogP contribution in [0.4, 0.5) is 0 Å². The molecule has 1 unspecified atom stereocenters. The summed E-state index contributed by atoms with van der Waals surface area (Å²) in [6.45, 7) is 5.80. The summed E-state index contributed by atoms with van der Waals surface area (Å²) in [6, 6.07) is 0.363. The predicted molar refractivity (Wildman–Crippen MR) is 51.5 cm³/mol. The van der Waals surface area contributed by atoms with Crippen molar-refractivity contribution in [2.75, 3.05) is 26.0 Å². The van der Waals surface area contributed by atoms with Crippen LogP contribution in [0.1, 0.15) is 13.8 Å². The van der Waals surface area contributed by atoms with Gasteiger partial charge in [-0.15, -0.1) is 11.6 Å². The van der Waals surface area contributed by atoms with Crippen molar-refractivity contribution in [3.8, 4) is 0 Å². The fraction of sp³-hybridized carbons (Fsp3) is 0.875. The first-order valence-corrected chi connectivity index (χ1v) is 4.68. The van der Waals surface area contributed by atoms with Gasteiger partial charge in [0.2, 0.25) is 5.91 Å². The van der Waals surface area contributed by atoms with Crippen LogP contribution in [0.15, 0.2) is 0 Å². The molecule has 1 atom stereocenters. The standard InChI is InChI=1S/C8H17ClN2O/c1-4-11(3)7(2)6-10-8(12)5-9/h7H,4-6H2,1-3H3,(H,10,12). The van der Waals surface area contributed by atoms with E-state index < -0.39 is 0 Å². The molecule has 0 aliphatic rings. The monoisotopic (exact) mass is 192 g/mol. The smallest absolute Gasteiger partial charge is 0.234 e. The molecule has 12 heavy (non-hydrogen) atoms. The molecule has 0 aromatic carbocycles. The highest BCUT2D eigenvalue weighted by Crippen LogP contribution is 1.92. The maximum absolute atomic E-state index is 10.8. The average Bonchev–Trinajstić information content (AvgIpc) is 2.11. The minimum Gasteiger partial charge on any atom is -0.354 e. The lowest BCUT2D eigenvalue weighted by molar-refractivity contribution is -0.118. The summed E-state index contributed by atoms with van der Waals surface area (Å²) in [5, 5.41) is 2.73.